The molecule has 0 aliphatic carbocycles. The first-order valence-corrected chi connectivity index (χ1v) is 12.6. The van der Waals surface area contributed by atoms with Crippen molar-refractivity contribution >= 4 is 5.78 Å². The molecule has 0 aliphatic heterocycles. The fourth-order valence-electron chi connectivity index (χ4n) is 4.17. The number of pyridine rings is 1. The number of carbonyl (C=O) groups is 1. The van der Waals surface area contributed by atoms with Crippen LogP contribution in [0, 0.1) is 10.2 Å². The van der Waals surface area contributed by atoms with Crippen molar-refractivity contribution in [3.05, 3.63) is 132 Å². The summed E-state index contributed by atoms with van der Waals surface area (Å²) in [6.45, 7) is 0. The van der Waals surface area contributed by atoms with E-state index in [0.717, 1.165) is 0 Å². The molecular weight excluding hydrogens is 490 g/mol. The topological polar surface area (TPSA) is 108 Å². The Morgan fingerprint density at radius 2 is 1.03 bits per heavy atom. The van der Waals surface area contributed by atoms with Crippen LogP contribution in [0.2, 0.25) is 0 Å². The van der Waals surface area contributed by atoms with Crippen LogP contribution < -0.4 is 18.3 Å². The zero-order chi connectivity index (χ0) is 25.8. The Hall–Kier alpha value is -4.33. The molecule has 1 aromatic heterocycles. The lowest BCUT2D eigenvalue weighted by atomic mass is 9.88. The first kappa shape index (κ1) is 24.4. The number of ketones is 1. The number of carbonyl (C=O) groups excluding carboxylic acids is 1. The molecule has 0 unspecified atom stereocenters. The maximum absolute atomic E-state index is 14.1. The van der Waals surface area contributed by atoms with Crippen LogP contribution in [0.3, 0.4) is 0 Å². The summed E-state index contributed by atoms with van der Waals surface area (Å²) in [5.74, 6) is -0.705. The van der Waals surface area contributed by atoms with E-state index in [-0.39, 0.29) is 22.6 Å². The maximum Gasteiger partial charge on any atom is 0.322 e. The number of halogens is 1. The average molecular weight is 510 g/mol. The van der Waals surface area contributed by atoms with Gasteiger partial charge in [-0.3, -0.25) is 4.79 Å². The highest BCUT2D eigenvalue weighted by Crippen LogP contribution is 2.45. The van der Waals surface area contributed by atoms with Crippen LogP contribution in [0.25, 0.3) is 33.6 Å². The first-order chi connectivity index (χ1) is 17.9. The van der Waals surface area contributed by atoms with Crippen LogP contribution in [0.4, 0.5) is 0 Å². The second kappa shape index (κ2) is 10.3. The van der Waals surface area contributed by atoms with Crippen LogP contribution in [0.5, 0.6) is 5.75 Å². The third-order valence-electron chi connectivity index (χ3n) is 5.74. The van der Waals surface area contributed by atoms with Crippen LogP contribution >= 0.6 is 0 Å². The molecule has 0 amide bonds. The summed E-state index contributed by atoms with van der Waals surface area (Å²) < 4.78 is 40.9. The van der Waals surface area contributed by atoms with Gasteiger partial charge in [-0.2, -0.15) is 14.0 Å². The molecule has 0 saturated heterocycles. The second-order valence-electron chi connectivity index (χ2n) is 8.14. The van der Waals surface area contributed by atoms with Gasteiger partial charge in [0.2, 0.25) is 0 Å². The van der Waals surface area contributed by atoms with Gasteiger partial charge in [-0.05, 0) is 5.56 Å². The Labute approximate surface area is 215 Å². The van der Waals surface area contributed by atoms with E-state index in [4.69, 9.17) is 9.27 Å². The van der Waals surface area contributed by atoms with E-state index in [0.29, 0.717) is 27.9 Å². The highest BCUT2D eigenvalue weighted by molar-refractivity contribution is 6.17. The molecule has 5 aromatic rings. The van der Waals surface area contributed by atoms with Crippen molar-refractivity contribution < 1.29 is 33.3 Å². The number of aromatic nitrogens is 1. The van der Waals surface area contributed by atoms with Gasteiger partial charge < -0.3 is 0 Å². The molecular formula is C30H20ClNO5. The lowest BCUT2D eigenvalue weighted by Gasteiger charge is -2.21. The number of benzene rings is 4. The van der Waals surface area contributed by atoms with E-state index in [1.807, 2.05) is 30.3 Å². The fourth-order valence-corrected chi connectivity index (χ4v) is 4.51. The summed E-state index contributed by atoms with van der Waals surface area (Å²) in [5, 5.41) is 0. The molecule has 0 bridgehead atoms. The van der Waals surface area contributed by atoms with Crippen LogP contribution in [0.15, 0.2) is 121 Å². The SMILES string of the molecule is O=C(c1ccccc1)c1c(-c2ccccc2)nc(-c2ccccc2)c(O[Cl+3]([O-])([O-])[O-])c1-c1ccccc1. The molecule has 5 rings (SSSR count). The predicted octanol–water partition coefficient (Wildman–Crippen LogP) is 3.59. The van der Waals surface area contributed by atoms with Gasteiger partial charge in [-0.25, -0.2) is 4.98 Å². The molecule has 0 radical (unpaired) electrons. The zero-order valence-corrected chi connectivity index (χ0v) is 20.2. The van der Waals surface area contributed by atoms with Crippen molar-refractivity contribution in [2.24, 2.45) is 0 Å². The molecule has 6 nitrogen and oxygen atoms in total. The molecule has 37 heavy (non-hydrogen) atoms. The van der Waals surface area contributed by atoms with Crippen molar-refractivity contribution in [3.8, 4) is 39.4 Å². The van der Waals surface area contributed by atoms with Gasteiger partial charge >= 0.3 is 5.75 Å². The zero-order valence-electron chi connectivity index (χ0n) is 19.4. The van der Waals surface area contributed by atoms with Gasteiger partial charge in [-0.1, -0.05) is 126 Å². The number of rotatable bonds is 7. The maximum atomic E-state index is 14.1. The molecule has 4 aromatic carbocycles. The Morgan fingerprint density at radius 1 is 0.595 bits per heavy atom. The molecule has 0 N–H and O–H groups in total. The Kier molecular flexibility index (Phi) is 6.81. The molecule has 1 heterocycles. The lowest BCUT2D eigenvalue weighted by molar-refractivity contribution is -1.91. The van der Waals surface area contributed by atoms with E-state index in [9.17, 15) is 18.8 Å². The number of hydrogen-bond donors (Lipinski definition) is 0. The van der Waals surface area contributed by atoms with E-state index in [1.165, 1.54) is 0 Å². The van der Waals surface area contributed by atoms with E-state index < -0.39 is 16.0 Å². The van der Waals surface area contributed by atoms with Crippen molar-refractivity contribution in [2.75, 3.05) is 0 Å². The van der Waals surface area contributed by atoms with E-state index in [1.54, 1.807) is 91.0 Å². The van der Waals surface area contributed by atoms with Gasteiger partial charge in [0.15, 0.2) is 5.78 Å². The minimum atomic E-state index is -4.91. The highest BCUT2D eigenvalue weighted by Gasteiger charge is 2.35. The van der Waals surface area contributed by atoms with E-state index >= 15 is 0 Å². The van der Waals surface area contributed by atoms with Gasteiger partial charge in [0, 0.05) is 16.7 Å². The standard InChI is InChI=1S/C30H20ClNO5/c33-29(24-19-11-4-12-20-24)26-25(21-13-5-1-6-14-21)30(37-31(34,35)36)28(23-17-9-3-10-18-23)32-27(26)22-15-7-2-8-16-22/h1-20H. The molecule has 0 spiro atoms. The molecule has 0 saturated carbocycles. The summed E-state index contributed by atoms with van der Waals surface area (Å²) >= 11 is 0. The van der Waals surface area contributed by atoms with Crippen molar-refractivity contribution in [2.45, 2.75) is 0 Å². The fraction of sp³-hybridized carbons (Fsp3) is 0. The van der Waals surface area contributed by atoms with Crippen LogP contribution in [-0.2, 0) is 0 Å². The van der Waals surface area contributed by atoms with E-state index in [2.05, 4.69) is 0 Å². The van der Waals surface area contributed by atoms with Crippen molar-refractivity contribution in [1.82, 2.24) is 4.98 Å². The lowest BCUT2D eigenvalue weighted by Crippen LogP contribution is -2.63. The minimum Gasteiger partial charge on any atom is -0.289 e. The normalized spacial score (nSPS) is 11.2. The average Bonchev–Trinajstić information content (AvgIpc) is 2.93. The van der Waals surface area contributed by atoms with Gasteiger partial charge in [0.25, 0.3) is 0 Å². The number of hydrogen-bond acceptors (Lipinski definition) is 6. The third kappa shape index (κ3) is 5.28. The minimum absolute atomic E-state index is 0.120. The van der Waals surface area contributed by atoms with Gasteiger partial charge in [0.05, 0.1) is 16.8 Å². The summed E-state index contributed by atoms with van der Waals surface area (Å²) in [6.07, 6.45) is 0. The van der Waals surface area contributed by atoms with Gasteiger partial charge in [-0.15, -0.1) is 0 Å². The largest absolute Gasteiger partial charge is 0.322 e. The first-order valence-electron chi connectivity index (χ1n) is 11.4. The molecule has 0 aliphatic rings. The molecule has 182 valence electrons. The highest BCUT2D eigenvalue weighted by atomic mass is 35.7. The summed E-state index contributed by atoms with van der Waals surface area (Å²) in [6, 6.07) is 35.3. The van der Waals surface area contributed by atoms with Crippen LogP contribution in [0.1, 0.15) is 15.9 Å². The van der Waals surface area contributed by atoms with Crippen molar-refractivity contribution in [3.63, 3.8) is 0 Å². The predicted molar refractivity (Wildman–Crippen MR) is 131 cm³/mol. The summed E-state index contributed by atoms with van der Waals surface area (Å²) in [7, 11) is -4.91. The monoisotopic (exact) mass is 509 g/mol. The quantitative estimate of drug-likeness (QED) is 0.310. The Morgan fingerprint density at radius 3 is 1.51 bits per heavy atom. The van der Waals surface area contributed by atoms with Gasteiger partial charge in [0.1, 0.15) is 15.9 Å². The summed E-state index contributed by atoms with van der Waals surface area (Å²) in [4.78, 5) is 18.9. The van der Waals surface area contributed by atoms with Crippen LogP contribution in [-0.4, -0.2) is 10.8 Å². The third-order valence-corrected chi connectivity index (χ3v) is 6.09. The smallest absolute Gasteiger partial charge is 0.289 e. The molecule has 0 fully saturated rings. The molecule has 0 atom stereocenters. The Balaban J connectivity index is 1.96. The summed E-state index contributed by atoms with van der Waals surface area (Å²) in [5.41, 5.74) is 2.77. The second-order valence-corrected chi connectivity index (χ2v) is 9.05. The van der Waals surface area contributed by atoms with Crippen molar-refractivity contribution in [1.29, 1.82) is 0 Å². The Bertz CT molecular complexity index is 1520. The number of nitrogens with zero attached hydrogens (tertiary/aromatic N) is 1. The molecule has 7 heteroatoms.